The molecule has 0 heterocycles. The minimum Gasteiger partial charge on any atom is -0.309 e. The quantitative estimate of drug-likeness (QED) is 0.365. The highest BCUT2D eigenvalue weighted by Gasteiger charge is 2.35. The van der Waals surface area contributed by atoms with Gasteiger partial charge in [-0.2, -0.15) is 14.0 Å². The number of rotatable bonds is 9. The van der Waals surface area contributed by atoms with Crippen LogP contribution in [0.3, 0.4) is 0 Å². The summed E-state index contributed by atoms with van der Waals surface area (Å²) in [5.41, 5.74) is 1.03. The first-order chi connectivity index (χ1) is 15.3. The van der Waals surface area contributed by atoms with Gasteiger partial charge in [0.2, 0.25) is 0 Å². The van der Waals surface area contributed by atoms with Gasteiger partial charge in [-0.1, -0.05) is 62.9 Å². The molecule has 1 unspecified atom stereocenters. The second-order valence-electron chi connectivity index (χ2n) is 8.96. The van der Waals surface area contributed by atoms with E-state index in [1.54, 1.807) is 18.2 Å². The second-order valence-corrected chi connectivity index (χ2v) is 8.96. The van der Waals surface area contributed by atoms with Gasteiger partial charge in [-0.25, -0.2) is 4.39 Å². The van der Waals surface area contributed by atoms with E-state index < -0.39 is 18.0 Å². The molecule has 5 heteroatoms. The lowest BCUT2D eigenvalue weighted by Gasteiger charge is -2.29. The van der Waals surface area contributed by atoms with Crippen molar-refractivity contribution < 1.29 is 17.9 Å². The highest BCUT2D eigenvalue weighted by Crippen LogP contribution is 2.40. The van der Waals surface area contributed by atoms with Gasteiger partial charge in [0.05, 0.1) is 17.2 Å². The summed E-state index contributed by atoms with van der Waals surface area (Å²) in [6.07, 6.45) is 5.30. The van der Waals surface area contributed by atoms with Gasteiger partial charge >= 0.3 is 6.11 Å². The topological polar surface area (TPSA) is 33.0 Å². The Morgan fingerprint density at radius 1 is 1.06 bits per heavy atom. The Kier molecular flexibility index (Phi) is 8.37. The van der Waals surface area contributed by atoms with E-state index in [0.29, 0.717) is 5.92 Å². The number of hydrogen-bond donors (Lipinski definition) is 0. The van der Waals surface area contributed by atoms with E-state index in [1.165, 1.54) is 69.7 Å². The first kappa shape index (κ1) is 24.3. The van der Waals surface area contributed by atoms with Gasteiger partial charge in [-0.15, -0.1) is 0 Å². The van der Waals surface area contributed by atoms with Crippen LogP contribution in [0.4, 0.5) is 13.2 Å². The average Bonchev–Trinajstić information content (AvgIpc) is 2.79. The summed E-state index contributed by atoms with van der Waals surface area (Å²) in [7, 11) is 0. The van der Waals surface area contributed by atoms with Crippen molar-refractivity contribution in [3.8, 4) is 6.07 Å². The molecule has 3 rings (SSSR count). The molecule has 0 amide bonds. The summed E-state index contributed by atoms with van der Waals surface area (Å²) >= 11 is 0. The fraction of sp³-hybridized carbons (Fsp3) is 0.519. The third-order valence-electron chi connectivity index (χ3n) is 6.69. The standard InChI is InChI=1S/C27H32F3NO/c1-3-4-5-6-20-7-9-21(10-8-20)22-13-15-25(16-14-22)27(29,30)32-19(2)23-11-12-24(18-31)26(28)17-23/h11-17,19-21H,3-10H2,1-2H3. The number of nitrogens with zero attached hydrogens (tertiary/aromatic N) is 1. The van der Waals surface area contributed by atoms with Crippen LogP contribution in [0.2, 0.25) is 0 Å². The zero-order valence-electron chi connectivity index (χ0n) is 18.9. The molecule has 172 valence electrons. The van der Waals surface area contributed by atoms with E-state index in [0.717, 1.165) is 30.4 Å². The molecule has 1 aliphatic rings. The van der Waals surface area contributed by atoms with Crippen molar-refractivity contribution in [3.63, 3.8) is 0 Å². The predicted molar refractivity (Wildman–Crippen MR) is 120 cm³/mol. The number of benzene rings is 2. The Morgan fingerprint density at radius 3 is 2.34 bits per heavy atom. The van der Waals surface area contributed by atoms with E-state index in [1.807, 2.05) is 0 Å². The number of hydrogen-bond acceptors (Lipinski definition) is 2. The molecule has 2 nitrogen and oxygen atoms in total. The number of halogens is 3. The van der Waals surface area contributed by atoms with Crippen LogP contribution < -0.4 is 0 Å². The number of nitriles is 1. The van der Waals surface area contributed by atoms with E-state index in [-0.39, 0.29) is 16.7 Å². The second kappa shape index (κ2) is 11.0. The van der Waals surface area contributed by atoms with Crippen LogP contribution in [0.5, 0.6) is 0 Å². The van der Waals surface area contributed by atoms with Crippen LogP contribution in [0.15, 0.2) is 42.5 Å². The molecule has 1 atom stereocenters. The van der Waals surface area contributed by atoms with Crippen molar-refractivity contribution in [3.05, 3.63) is 70.5 Å². The van der Waals surface area contributed by atoms with Gasteiger partial charge in [0, 0.05) is 0 Å². The van der Waals surface area contributed by atoms with Crippen LogP contribution in [0.25, 0.3) is 0 Å². The zero-order valence-corrected chi connectivity index (χ0v) is 18.9. The zero-order chi connectivity index (χ0) is 23.1. The first-order valence-electron chi connectivity index (χ1n) is 11.7. The summed E-state index contributed by atoms with van der Waals surface area (Å²) in [4.78, 5) is 0. The van der Waals surface area contributed by atoms with Gasteiger partial charge in [0.1, 0.15) is 11.9 Å². The normalized spacial score (nSPS) is 20.0. The van der Waals surface area contributed by atoms with Crippen molar-refractivity contribution in [2.75, 3.05) is 0 Å². The fourth-order valence-electron chi connectivity index (χ4n) is 4.65. The third-order valence-corrected chi connectivity index (χ3v) is 6.69. The summed E-state index contributed by atoms with van der Waals surface area (Å²) in [6.45, 7) is 3.67. The van der Waals surface area contributed by atoms with E-state index in [2.05, 4.69) is 6.92 Å². The molecule has 1 saturated carbocycles. The number of unbranched alkanes of at least 4 members (excludes halogenated alkanes) is 2. The Balaban J connectivity index is 1.59. The summed E-state index contributed by atoms with van der Waals surface area (Å²) in [6, 6.07) is 12.0. The van der Waals surface area contributed by atoms with Crippen LogP contribution in [0.1, 0.15) is 99.5 Å². The maximum absolute atomic E-state index is 14.7. The van der Waals surface area contributed by atoms with Crippen molar-refractivity contribution >= 4 is 0 Å². The monoisotopic (exact) mass is 443 g/mol. The van der Waals surface area contributed by atoms with E-state index >= 15 is 0 Å². The fourth-order valence-corrected chi connectivity index (χ4v) is 4.65. The van der Waals surface area contributed by atoms with Crippen LogP contribution in [0, 0.1) is 23.1 Å². The van der Waals surface area contributed by atoms with Gasteiger partial charge < -0.3 is 4.74 Å². The molecular formula is C27H32F3NO. The van der Waals surface area contributed by atoms with E-state index in [9.17, 15) is 13.2 Å². The molecule has 0 radical (unpaired) electrons. The van der Waals surface area contributed by atoms with Crippen LogP contribution >= 0.6 is 0 Å². The van der Waals surface area contributed by atoms with Crippen molar-refractivity contribution in [2.24, 2.45) is 5.92 Å². The van der Waals surface area contributed by atoms with Gasteiger partial charge in [-0.05, 0) is 67.7 Å². The minimum atomic E-state index is -3.50. The van der Waals surface area contributed by atoms with Crippen molar-refractivity contribution in [2.45, 2.75) is 83.3 Å². The molecule has 0 N–H and O–H groups in total. The van der Waals surface area contributed by atoms with Gasteiger partial charge in [0.25, 0.3) is 0 Å². The Bertz CT molecular complexity index is 911. The first-order valence-corrected chi connectivity index (χ1v) is 11.7. The number of alkyl halides is 2. The van der Waals surface area contributed by atoms with Crippen LogP contribution in [-0.2, 0) is 10.8 Å². The molecule has 0 aliphatic heterocycles. The molecule has 1 aliphatic carbocycles. The number of ether oxygens (including phenoxy) is 1. The molecular weight excluding hydrogens is 411 g/mol. The van der Waals surface area contributed by atoms with Crippen molar-refractivity contribution in [1.82, 2.24) is 0 Å². The van der Waals surface area contributed by atoms with E-state index in [4.69, 9.17) is 10.00 Å². The highest BCUT2D eigenvalue weighted by atomic mass is 19.3. The predicted octanol–water partition coefficient (Wildman–Crippen LogP) is 8.38. The lowest BCUT2D eigenvalue weighted by Crippen LogP contribution is -2.21. The Labute approximate surface area is 189 Å². The average molecular weight is 444 g/mol. The molecule has 2 aromatic rings. The molecule has 0 aromatic heterocycles. The lowest BCUT2D eigenvalue weighted by atomic mass is 9.77. The molecule has 0 spiro atoms. The summed E-state index contributed by atoms with van der Waals surface area (Å²) < 4.78 is 48.3. The maximum Gasteiger partial charge on any atom is 0.383 e. The third kappa shape index (κ3) is 6.13. The largest absolute Gasteiger partial charge is 0.383 e. The SMILES string of the molecule is CCCCCC1CCC(c2ccc(C(F)(F)OC(C)c3ccc(C#N)c(F)c3)cc2)CC1. The molecule has 2 aromatic carbocycles. The molecule has 0 saturated heterocycles. The molecule has 32 heavy (non-hydrogen) atoms. The summed E-state index contributed by atoms with van der Waals surface area (Å²) in [5.74, 6) is 0.498. The lowest BCUT2D eigenvalue weighted by molar-refractivity contribution is -0.272. The maximum atomic E-state index is 14.7. The van der Waals surface area contributed by atoms with Gasteiger partial charge in [-0.3, -0.25) is 0 Å². The Morgan fingerprint density at radius 2 is 1.75 bits per heavy atom. The smallest absolute Gasteiger partial charge is 0.309 e. The van der Waals surface area contributed by atoms with Gasteiger partial charge in [0.15, 0.2) is 0 Å². The minimum absolute atomic E-state index is 0.127. The van der Waals surface area contributed by atoms with Crippen molar-refractivity contribution in [1.29, 1.82) is 5.26 Å². The van der Waals surface area contributed by atoms with Crippen LogP contribution in [-0.4, -0.2) is 0 Å². The summed E-state index contributed by atoms with van der Waals surface area (Å²) in [5, 5.41) is 8.81. The molecule has 0 bridgehead atoms. The Hall–Kier alpha value is -2.32. The molecule has 1 fully saturated rings. The highest BCUT2D eigenvalue weighted by molar-refractivity contribution is 5.34.